The van der Waals surface area contributed by atoms with Gasteiger partial charge in [-0.25, -0.2) is 4.39 Å². The van der Waals surface area contributed by atoms with Crippen molar-refractivity contribution < 1.29 is 18.7 Å². The van der Waals surface area contributed by atoms with Gasteiger partial charge in [0.25, 0.3) is 5.91 Å². The third-order valence-electron chi connectivity index (χ3n) is 6.51. The lowest BCUT2D eigenvalue weighted by Gasteiger charge is -2.30. The third kappa shape index (κ3) is 5.32. The van der Waals surface area contributed by atoms with Gasteiger partial charge in [-0.2, -0.15) is 9.97 Å². The van der Waals surface area contributed by atoms with E-state index in [2.05, 4.69) is 25.6 Å². The van der Waals surface area contributed by atoms with E-state index in [4.69, 9.17) is 10.5 Å². The van der Waals surface area contributed by atoms with E-state index in [0.717, 1.165) is 17.5 Å². The highest BCUT2D eigenvalue weighted by Gasteiger charge is 2.23. The summed E-state index contributed by atoms with van der Waals surface area (Å²) in [5, 5.41) is 6.89. The van der Waals surface area contributed by atoms with Crippen LogP contribution in [0.5, 0.6) is 5.75 Å². The van der Waals surface area contributed by atoms with Crippen LogP contribution in [-0.4, -0.2) is 70.9 Å². The van der Waals surface area contributed by atoms with Crippen LogP contribution in [0, 0.1) is 5.82 Å². The van der Waals surface area contributed by atoms with Gasteiger partial charge in [-0.05, 0) is 62.0 Å². The highest BCUT2D eigenvalue weighted by Crippen LogP contribution is 2.34. The SMILES string of the molecule is COc1cc2c(cc1Nc1nc(Nc3cccc(F)c3C(N)=O)c3cc[nH]c3n1)CN(C(=O)CN(C)C)CC2. The summed E-state index contributed by atoms with van der Waals surface area (Å²) in [5.41, 5.74) is 8.60. The van der Waals surface area contributed by atoms with Crippen LogP contribution in [-0.2, 0) is 17.8 Å². The maximum Gasteiger partial charge on any atom is 0.253 e. The second kappa shape index (κ2) is 10.6. The number of hydrogen-bond donors (Lipinski definition) is 4. The number of hydrogen-bond acceptors (Lipinski definition) is 8. The molecule has 2 aromatic heterocycles. The first-order valence-electron chi connectivity index (χ1n) is 12.3. The number of rotatable bonds is 8. The number of methoxy groups -OCH3 is 1. The van der Waals surface area contributed by atoms with Gasteiger partial charge < -0.3 is 35.9 Å². The largest absolute Gasteiger partial charge is 0.495 e. The second-order valence-electron chi connectivity index (χ2n) is 9.54. The molecule has 5 rings (SSSR count). The molecule has 2 aromatic carbocycles. The Bertz CT molecular complexity index is 1570. The number of primary amides is 1. The smallest absolute Gasteiger partial charge is 0.253 e. The Morgan fingerprint density at radius 2 is 1.97 bits per heavy atom. The number of ether oxygens (including phenoxy) is 1. The van der Waals surface area contributed by atoms with Crippen LogP contribution in [0.4, 0.5) is 27.5 Å². The van der Waals surface area contributed by atoms with Crippen LogP contribution in [0.25, 0.3) is 11.0 Å². The summed E-state index contributed by atoms with van der Waals surface area (Å²) < 4.78 is 20.0. The Kier molecular flexibility index (Phi) is 7.03. The van der Waals surface area contributed by atoms with Gasteiger partial charge in [-0.1, -0.05) is 6.07 Å². The first kappa shape index (κ1) is 25.9. The van der Waals surface area contributed by atoms with Gasteiger partial charge >= 0.3 is 0 Å². The number of anilines is 4. The number of nitrogens with zero attached hydrogens (tertiary/aromatic N) is 4. The van der Waals surface area contributed by atoms with Crippen molar-refractivity contribution in [1.82, 2.24) is 24.8 Å². The van der Waals surface area contributed by atoms with Crippen molar-refractivity contribution in [2.24, 2.45) is 5.73 Å². The summed E-state index contributed by atoms with van der Waals surface area (Å²) in [7, 11) is 5.32. The third-order valence-corrected chi connectivity index (χ3v) is 6.51. The number of aromatic amines is 1. The molecule has 0 radical (unpaired) electrons. The summed E-state index contributed by atoms with van der Waals surface area (Å²) in [6, 6.07) is 9.86. The van der Waals surface area contributed by atoms with Crippen LogP contribution < -0.4 is 21.1 Å². The standard InChI is InChI=1S/C27H29FN8O3/c1-35(2)14-22(37)36-10-8-15-12-21(39-3)20(11-16(15)13-36)32-27-33-25-17(7-9-30-25)26(34-27)31-19-6-4-5-18(28)23(19)24(29)38/h4-7,9,11-12H,8,10,13-14H2,1-3H3,(H2,29,38)(H3,30,31,32,33,34). The lowest BCUT2D eigenvalue weighted by Crippen LogP contribution is -2.40. The van der Waals surface area contributed by atoms with E-state index < -0.39 is 11.7 Å². The van der Waals surface area contributed by atoms with Gasteiger partial charge in [-0.15, -0.1) is 0 Å². The first-order chi connectivity index (χ1) is 18.7. The number of amides is 2. The first-order valence-corrected chi connectivity index (χ1v) is 12.3. The Hall–Kier alpha value is -4.71. The van der Waals surface area contributed by atoms with Crippen LogP contribution in [0.3, 0.4) is 0 Å². The highest BCUT2D eigenvalue weighted by molar-refractivity contribution is 6.01. The lowest BCUT2D eigenvalue weighted by atomic mass is 9.98. The fourth-order valence-corrected chi connectivity index (χ4v) is 4.66. The van der Waals surface area contributed by atoms with Crippen LogP contribution >= 0.6 is 0 Å². The molecule has 4 aromatic rings. The lowest BCUT2D eigenvalue weighted by molar-refractivity contribution is -0.132. The van der Waals surface area contributed by atoms with Crippen molar-refractivity contribution in [2.45, 2.75) is 13.0 Å². The van der Waals surface area contributed by atoms with Gasteiger partial charge in [0, 0.05) is 19.3 Å². The van der Waals surface area contributed by atoms with Gasteiger partial charge in [0.05, 0.1) is 36.0 Å². The minimum absolute atomic E-state index is 0.0694. The van der Waals surface area contributed by atoms with E-state index >= 15 is 0 Å². The molecule has 1 aliphatic heterocycles. The van der Waals surface area contributed by atoms with Crippen molar-refractivity contribution in [3.63, 3.8) is 0 Å². The molecule has 11 nitrogen and oxygen atoms in total. The van der Waals surface area contributed by atoms with E-state index in [1.807, 2.05) is 36.0 Å². The van der Waals surface area contributed by atoms with Crippen molar-refractivity contribution in [2.75, 3.05) is 44.9 Å². The maximum absolute atomic E-state index is 14.4. The molecule has 0 bridgehead atoms. The number of carbonyl (C=O) groups excluding carboxylic acids is 2. The average molecular weight is 533 g/mol. The summed E-state index contributed by atoms with van der Waals surface area (Å²) in [6.07, 6.45) is 2.42. The number of aromatic nitrogens is 3. The van der Waals surface area contributed by atoms with Gasteiger partial charge in [0.15, 0.2) is 0 Å². The zero-order chi connectivity index (χ0) is 27.7. The molecule has 0 spiro atoms. The zero-order valence-electron chi connectivity index (χ0n) is 21.8. The maximum atomic E-state index is 14.4. The monoisotopic (exact) mass is 532 g/mol. The number of nitrogens with two attached hydrogens (primary N) is 1. The molecule has 0 saturated heterocycles. The minimum Gasteiger partial charge on any atom is -0.495 e. The number of halogens is 1. The van der Waals surface area contributed by atoms with Crippen LogP contribution in [0.2, 0.25) is 0 Å². The van der Waals surface area contributed by atoms with Crippen molar-refractivity contribution >= 4 is 46.0 Å². The second-order valence-corrected chi connectivity index (χ2v) is 9.54. The average Bonchev–Trinajstić information content (AvgIpc) is 3.36. The number of likely N-dealkylation sites (N-methyl/N-ethyl adjacent to an activating group) is 1. The molecule has 3 heterocycles. The number of nitrogens with one attached hydrogen (secondary N) is 3. The molecule has 0 atom stereocenters. The van der Waals surface area contributed by atoms with Crippen molar-refractivity contribution in [3.8, 4) is 5.75 Å². The molecule has 0 fully saturated rings. The summed E-state index contributed by atoms with van der Waals surface area (Å²) >= 11 is 0. The fraction of sp³-hybridized carbons (Fsp3) is 0.259. The predicted molar refractivity (Wildman–Crippen MR) is 146 cm³/mol. The molecule has 39 heavy (non-hydrogen) atoms. The van der Waals surface area contributed by atoms with E-state index in [0.29, 0.717) is 47.9 Å². The van der Waals surface area contributed by atoms with E-state index in [-0.39, 0.29) is 23.1 Å². The normalized spacial score (nSPS) is 12.9. The van der Waals surface area contributed by atoms with Crippen LogP contribution in [0.15, 0.2) is 42.6 Å². The van der Waals surface area contributed by atoms with Gasteiger partial charge in [0.1, 0.15) is 23.0 Å². The number of benzene rings is 2. The molecular formula is C27H29FN8O3. The molecular weight excluding hydrogens is 503 g/mol. The van der Waals surface area contributed by atoms with E-state index in [1.54, 1.807) is 25.4 Å². The molecule has 0 saturated carbocycles. The zero-order valence-corrected chi connectivity index (χ0v) is 21.8. The van der Waals surface area contributed by atoms with Crippen molar-refractivity contribution in [1.29, 1.82) is 0 Å². The van der Waals surface area contributed by atoms with Crippen molar-refractivity contribution in [3.05, 3.63) is 65.1 Å². The molecule has 0 unspecified atom stereocenters. The molecule has 1 aliphatic rings. The number of fused-ring (bicyclic) bond motifs is 2. The summed E-state index contributed by atoms with van der Waals surface area (Å²) in [5.74, 6) is -0.381. The molecule has 202 valence electrons. The highest BCUT2D eigenvalue weighted by atomic mass is 19.1. The van der Waals surface area contributed by atoms with Gasteiger partial charge in [0.2, 0.25) is 11.9 Å². The Balaban J connectivity index is 1.48. The predicted octanol–water partition coefficient (Wildman–Crippen LogP) is 3.14. The summed E-state index contributed by atoms with van der Waals surface area (Å²) in [4.78, 5) is 40.5. The fourth-order valence-electron chi connectivity index (χ4n) is 4.66. The van der Waals surface area contributed by atoms with E-state index in [1.165, 1.54) is 12.1 Å². The Morgan fingerprint density at radius 3 is 2.72 bits per heavy atom. The quantitative estimate of drug-likeness (QED) is 0.271. The summed E-state index contributed by atoms with van der Waals surface area (Å²) in [6.45, 7) is 1.48. The number of H-pyrrole nitrogens is 1. The molecule has 0 aliphatic carbocycles. The Morgan fingerprint density at radius 1 is 1.15 bits per heavy atom. The Labute approximate surface area is 224 Å². The topological polar surface area (TPSA) is 142 Å². The molecule has 12 heteroatoms. The molecule has 5 N–H and O–H groups in total. The number of carbonyl (C=O) groups is 2. The van der Waals surface area contributed by atoms with Crippen LogP contribution in [0.1, 0.15) is 21.5 Å². The molecule has 2 amide bonds. The van der Waals surface area contributed by atoms with E-state index in [9.17, 15) is 14.0 Å². The van der Waals surface area contributed by atoms with Gasteiger partial charge in [-0.3, -0.25) is 9.59 Å². The minimum atomic E-state index is -0.898.